The number of nitrogens with one attached hydrogen (secondary N) is 1. The van der Waals surface area contributed by atoms with E-state index in [4.69, 9.17) is 0 Å². The SMILES string of the molecule is CC1CN(C(=O)N2CC3(CC3)C(NS(C)(=O)=O)C2Cc2cccc(-c3ccccc3)c2)C1. The van der Waals surface area contributed by atoms with E-state index in [1.165, 1.54) is 6.26 Å². The van der Waals surface area contributed by atoms with Gasteiger partial charge in [-0.1, -0.05) is 61.5 Å². The van der Waals surface area contributed by atoms with Crippen molar-refractivity contribution in [3.8, 4) is 11.1 Å². The Hall–Kier alpha value is -2.38. The largest absolute Gasteiger partial charge is 0.324 e. The topological polar surface area (TPSA) is 69.7 Å². The van der Waals surface area contributed by atoms with Crippen molar-refractivity contribution >= 4 is 16.1 Å². The molecule has 1 spiro atoms. The lowest BCUT2D eigenvalue weighted by molar-refractivity contribution is 0.0919. The van der Waals surface area contributed by atoms with Crippen molar-refractivity contribution in [2.24, 2.45) is 11.3 Å². The highest BCUT2D eigenvalue weighted by Crippen LogP contribution is 2.55. The Morgan fingerprint density at radius 2 is 1.75 bits per heavy atom. The minimum Gasteiger partial charge on any atom is -0.324 e. The first-order chi connectivity index (χ1) is 15.2. The minimum absolute atomic E-state index is 0.0522. The van der Waals surface area contributed by atoms with Crippen LogP contribution in [0.15, 0.2) is 54.6 Å². The molecule has 7 heteroatoms. The van der Waals surface area contributed by atoms with E-state index < -0.39 is 10.0 Å². The summed E-state index contributed by atoms with van der Waals surface area (Å²) in [6.45, 7) is 4.34. The highest BCUT2D eigenvalue weighted by molar-refractivity contribution is 7.88. The summed E-state index contributed by atoms with van der Waals surface area (Å²) < 4.78 is 27.4. The molecule has 2 saturated heterocycles. The van der Waals surface area contributed by atoms with Gasteiger partial charge in [0.15, 0.2) is 0 Å². The maximum atomic E-state index is 13.4. The molecule has 0 aromatic heterocycles. The summed E-state index contributed by atoms with van der Waals surface area (Å²) in [5.41, 5.74) is 3.26. The predicted octanol–water partition coefficient (Wildman–Crippen LogP) is 3.35. The zero-order chi connectivity index (χ0) is 22.5. The minimum atomic E-state index is -3.39. The van der Waals surface area contributed by atoms with Gasteiger partial charge in [-0.05, 0) is 41.9 Å². The molecular weight excluding hydrogens is 422 g/mol. The Bertz CT molecular complexity index is 1110. The predicted molar refractivity (Wildman–Crippen MR) is 126 cm³/mol. The van der Waals surface area contributed by atoms with Crippen LogP contribution >= 0.6 is 0 Å². The summed E-state index contributed by atoms with van der Waals surface area (Å²) in [6.07, 6.45) is 3.77. The summed E-state index contributed by atoms with van der Waals surface area (Å²) in [5, 5.41) is 0. The fourth-order valence-electron chi connectivity index (χ4n) is 5.43. The van der Waals surface area contributed by atoms with Crippen molar-refractivity contribution in [1.29, 1.82) is 0 Å². The third-order valence-corrected chi connectivity index (χ3v) is 7.90. The molecule has 2 aromatic rings. The monoisotopic (exact) mass is 453 g/mol. The highest BCUT2D eigenvalue weighted by Gasteiger charge is 2.61. The lowest BCUT2D eigenvalue weighted by atomic mass is 9.91. The van der Waals surface area contributed by atoms with Crippen LogP contribution < -0.4 is 4.72 Å². The zero-order valence-corrected chi connectivity index (χ0v) is 19.5. The van der Waals surface area contributed by atoms with E-state index in [-0.39, 0.29) is 23.5 Å². The molecule has 2 amide bonds. The Balaban J connectivity index is 1.45. The summed E-state index contributed by atoms with van der Waals surface area (Å²) >= 11 is 0. The smallest absolute Gasteiger partial charge is 0.320 e. The molecule has 2 atom stereocenters. The summed E-state index contributed by atoms with van der Waals surface area (Å²) in [4.78, 5) is 17.2. The van der Waals surface area contributed by atoms with Gasteiger partial charge in [0.1, 0.15) is 0 Å². The van der Waals surface area contributed by atoms with E-state index in [1.54, 1.807) is 0 Å². The molecule has 2 aliphatic heterocycles. The Morgan fingerprint density at radius 3 is 2.38 bits per heavy atom. The van der Waals surface area contributed by atoms with Gasteiger partial charge in [0.25, 0.3) is 0 Å². The number of carbonyl (C=O) groups excluding carboxylic acids is 1. The molecule has 6 nitrogen and oxygen atoms in total. The number of rotatable bonds is 5. The van der Waals surface area contributed by atoms with Gasteiger partial charge in [0.05, 0.1) is 12.3 Å². The van der Waals surface area contributed by atoms with E-state index in [0.717, 1.165) is 42.6 Å². The normalized spacial score (nSPS) is 24.6. The van der Waals surface area contributed by atoms with Crippen molar-refractivity contribution in [3.63, 3.8) is 0 Å². The van der Waals surface area contributed by atoms with Crippen LogP contribution in [0.3, 0.4) is 0 Å². The van der Waals surface area contributed by atoms with Crippen molar-refractivity contribution in [2.45, 2.75) is 38.3 Å². The van der Waals surface area contributed by atoms with E-state index in [0.29, 0.717) is 18.9 Å². The van der Waals surface area contributed by atoms with Crippen LogP contribution in [0.5, 0.6) is 0 Å². The number of sulfonamides is 1. The van der Waals surface area contributed by atoms with E-state index in [9.17, 15) is 13.2 Å². The number of hydrogen-bond acceptors (Lipinski definition) is 3. The maximum Gasteiger partial charge on any atom is 0.320 e. The third kappa shape index (κ3) is 4.16. The zero-order valence-electron chi connectivity index (χ0n) is 18.7. The number of nitrogens with zero attached hydrogens (tertiary/aromatic N) is 2. The van der Waals surface area contributed by atoms with Crippen LogP contribution in [0.1, 0.15) is 25.3 Å². The van der Waals surface area contributed by atoms with Crippen molar-refractivity contribution in [3.05, 3.63) is 60.2 Å². The number of urea groups is 1. The number of amides is 2. The van der Waals surface area contributed by atoms with Crippen LogP contribution in [-0.2, 0) is 16.4 Å². The molecule has 32 heavy (non-hydrogen) atoms. The van der Waals surface area contributed by atoms with Crippen molar-refractivity contribution in [1.82, 2.24) is 14.5 Å². The quantitative estimate of drug-likeness (QED) is 0.755. The van der Waals surface area contributed by atoms with Crippen molar-refractivity contribution in [2.75, 3.05) is 25.9 Å². The van der Waals surface area contributed by atoms with Crippen LogP contribution in [0.4, 0.5) is 4.79 Å². The van der Waals surface area contributed by atoms with Gasteiger partial charge in [0.2, 0.25) is 10.0 Å². The molecule has 1 aliphatic carbocycles. The van der Waals surface area contributed by atoms with Crippen LogP contribution in [0.25, 0.3) is 11.1 Å². The third-order valence-electron chi connectivity index (χ3n) is 7.22. The van der Waals surface area contributed by atoms with Gasteiger partial charge >= 0.3 is 6.03 Å². The second-order valence-corrected chi connectivity index (χ2v) is 11.8. The van der Waals surface area contributed by atoms with Gasteiger partial charge in [-0.25, -0.2) is 17.9 Å². The van der Waals surface area contributed by atoms with Gasteiger partial charge in [-0.3, -0.25) is 0 Å². The molecule has 2 heterocycles. The average Bonchev–Trinajstić information content (AvgIpc) is 3.47. The number of carbonyl (C=O) groups is 1. The second-order valence-electron chi connectivity index (χ2n) is 9.99. The lowest BCUT2D eigenvalue weighted by Crippen LogP contribution is -2.57. The molecule has 3 fully saturated rings. The average molecular weight is 454 g/mol. The highest BCUT2D eigenvalue weighted by atomic mass is 32.2. The number of likely N-dealkylation sites (tertiary alicyclic amines) is 2. The molecule has 2 aromatic carbocycles. The summed E-state index contributed by atoms with van der Waals surface area (Å²) in [5.74, 6) is 0.530. The summed E-state index contributed by atoms with van der Waals surface area (Å²) in [6, 6.07) is 18.2. The van der Waals surface area contributed by atoms with E-state index in [1.807, 2.05) is 34.1 Å². The van der Waals surface area contributed by atoms with Gasteiger partial charge in [-0.15, -0.1) is 0 Å². The van der Waals surface area contributed by atoms with Gasteiger partial charge in [0, 0.05) is 31.1 Å². The Morgan fingerprint density at radius 1 is 1.06 bits per heavy atom. The molecule has 0 radical (unpaired) electrons. The van der Waals surface area contributed by atoms with Crippen LogP contribution in [0, 0.1) is 11.3 Å². The van der Waals surface area contributed by atoms with Crippen LogP contribution in [-0.4, -0.2) is 62.2 Å². The standard InChI is InChI=1S/C25H31N3O3S/c1-18-15-27(16-18)24(29)28-17-25(11-12-25)23(26-32(2,30)31)22(28)14-19-7-6-10-21(13-19)20-8-4-3-5-9-20/h3-10,13,18,22-23,26H,11-12,14-17H2,1-2H3. The first kappa shape index (κ1) is 21.5. The second kappa shape index (κ2) is 7.89. The maximum absolute atomic E-state index is 13.4. The molecular formula is C25H31N3O3S. The molecule has 0 bridgehead atoms. The van der Waals surface area contributed by atoms with E-state index >= 15 is 0 Å². The molecule has 1 N–H and O–H groups in total. The summed E-state index contributed by atoms with van der Waals surface area (Å²) in [7, 11) is -3.39. The molecule has 3 aliphatic rings. The Labute approximate surface area is 190 Å². The lowest BCUT2D eigenvalue weighted by Gasteiger charge is -2.41. The molecule has 5 rings (SSSR count). The molecule has 1 saturated carbocycles. The van der Waals surface area contributed by atoms with E-state index in [2.05, 4.69) is 42.0 Å². The van der Waals surface area contributed by atoms with Crippen molar-refractivity contribution < 1.29 is 13.2 Å². The molecule has 170 valence electrons. The first-order valence-electron chi connectivity index (χ1n) is 11.4. The van der Waals surface area contributed by atoms with Gasteiger partial charge in [-0.2, -0.15) is 0 Å². The fourth-order valence-corrected chi connectivity index (χ4v) is 6.30. The number of hydrogen-bond donors (Lipinski definition) is 1. The van der Waals surface area contributed by atoms with Crippen LogP contribution in [0.2, 0.25) is 0 Å². The fraction of sp³-hybridized carbons (Fsp3) is 0.480. The number of benzene rings is 2. The Kier molecular flexibility index (Phi) is 5.29. The first-order valence-corrected chi connectivity index (χ1v) is 13.3. The van der Waals surface area contributed by atoms with Gasteiger partial charge < -0.3 is 9.80 Å². The molecule has 2 unspecified atom stereocenters.